The van der Waals surface area contributed by atoms with Crippen LogP contribution < -0.4 is 5.32 Å². The first-order chi connectivity index (χ1) is 8.42. The molecule has 0 aliphatic carbocycles. The molecule has 0 radical (unpaired) electrons. The summed E-state index contributed by atoms with van der Waals surface area (Å²) in [7, 11) is 0. The zero-order valence-electron chi connectivity index (χ0n) is 12.0. The summed E-state index contributed by atoms with van der Waals surface area (Å²) in [6, 6.07) is 9.03. The van der Waals surface area contributed by atoms with Gasteiger partial charge < -0.3 is 10.1 Å². The van der Waals surface area contributed by atoms with Gasteiger partial charge in [-0.3, -0.25) is 0 Å². The molecule has 1 aromatic carbocycles. The van der Waals surface area contributed by atoms with Crippen LogP contribution in [0.5, 0.6) is 0 Å². The summed E-state index contributed by atoms with van der Waals surface area (Å²) in [4.78, 5) is 0. The van der Waals surface area contributed by atoms with Gasteiger partial charge >= 0.3 is 0 Å². The van der Waals surface area contributed by atoms with Crippen LogP contribution in [-0.2, 0) is 15.6 Å². The number of rotatable bonds is 1. The lowest BCUT2D eigenvalue weighted by Crippen LogP contribution is -2.36. The summed E-state index contributed by atoms with van der Waals surface area (Å²) in [5.41, 5.74) is 3.06. The molecule has 2 heteroatoms. The molecule has 1 fully saturated rings. The predicted molar refractivity (Wildman–Crippen MR) is 76.2 cm³/mol. The maximum Gasteiger partial charge on any atom is 0.0591 e. The van der Waals surface area contributed by atoms with Gasteiger partial charge in [-0.25, -0.2) is 0 Å². The van der Waals surface area contributed by atoms with Crippen molar-refractivity contribution in [1.82, 2.24) is 5.32 Å². The van der Waals surface area contributed by atoms with Gasteiger partial charge in [0.15, 0.2) is 0 Å². The highest BCUT2D eigenvalue weighted by atomic mass is 16.5. The van der Waals surface area contributed by atoms with E-state index in [9.17, 15) is 0 Å². The summed E-state index contributed by atoms with van der Waals surface area (Å²) < 4.78 is 5.70. The summed E-state index contributed by atoms with van der Waals surface area (Å²) >= 11 is 0. The molecule has 1 aliphatic rings. The van der Waals surface area contributed by atoms with E-state index in [1.807, 2.05) is 0 Å². The van der Waals surface area contributed by atoms with Crippen molar-refractivity contribution in [2.45, 2.75) is 38.5 Å². The molecule has 18 heavy (non-hydrogen) atoms. The van der Waals surface area contributed by atoms with Gasteiger partial charge in [0.05, 0.1) is 13.2 Å². The standard InChI is InChI=1S/C16H25NO/c1-15(2,3)13-5-7-14(8-6-13)16(4)11-17-9-10-18-12-16/h5-8,17H,9-12H2,1-4H3. The van der Waals surface area contributed by atoms with Crippen LogP contribution in [0.1, 0.15) is 38.8 Å². The first-order valence-electron chi connectivity index (χ1n) is 6.81. The fraction of sp³-hybridized carbons (Fsp3) is 0.625. The predicted octanol–water partition coefficient (Wildman–Crippen LogP) is 2.86. The van der Waals surface area contributed by atoms with Gasteiger partial charge in [-0.1, -0.05) is 52.0 Å². The smallest absolute Gasteiger partial charge is 0.0591 e. The zero-order valence-corrected chi connectivity index (χ0v) is 12.0. The minimum absolute atomic E-state index is 0.0902. The van der Waals surface area contributed by atoms with Crippen molar-refractivity contribution in [3.05, 3.63) is 35.4 Å². The topological polar surface area (TPSA) is 21.3 Å². The molecule has 1 aliphatic heterocycles. The Kier molecular flexibility index (Phi) is 3.79. The van der Waals surface area contributed by atoms with Crippen molar-refractivity contribution in [1.29, 1.82) is 0 Å². The third kappa shape index (κ3) is 2.93. The average Bonchev–Trinajstić information content (AvgIpc) is 2.54. The number of benzene rings is 1. The Balaban J connectivity index is 2.22. The number of hydrogen-bond acceptors (Lipinski definition) is 2. The van der Waals surface area contributed by atoms with E-state index in [0.717, 1.165) is 26.3 Å². The molecule has 1 atom stereocenters. The van der Waals surface area contributed by atoms with E-state index in [-0.39, 0.29) is 10.8 Å². The van der Waals surface area contributed by atoms with Gasteiger partial charge in [0.25, 0.3) is 0 Å². The summed E-state index contributed by atoms with van der Waals surface area (Å²) in [5, 5.41) is 3.46. The van der Waals surface area contributed by atoms with Gasteiger partial charge in [-0.15, -0.1) is 0 Å². The molecule has 2 nitrogen and oxygen atoms in total. The third-order valence-electron chi connectivity index (χ3n) is 3.81. The van der Waals surface area contributed by atoms with Crippen LogP contribution in [0.3, 0.4) is 0 Å². The zero-order chi connectivity index (χ0) is 13.2. The molecule has 0 saturated carbocycles. The molecule has 1 saturated heterocycles. The van der Waals surface area contributed by atoms with E-state index in [0.29, 0.717) is 0 Å². The highest BCUT2D eigenvalue weighted by Crippen LogP contribution is 2.28. The minimum atomic E-state index is 0.0902. The van der Waals surface area contributed by atoms with Gasteiger partial charge in [-0.2, -0.15) is 0 Å². The Morgan fingerprint density at radius 3 is 2.44 bits per heavy atom. The second-order valence-electron chi connectivity index (χ2n) is 6.62. The molecular weight excluding hydrogens is 222 g/mol. The SMILES string of the molecule is CC(C)(C)c1ccc(C2(C)CNCCOC2)cc1. The summed E-state index contributed by atoms with van der Waals surface area (Å²) in [5.74, 6) is 0. The van der Waals surface area contributed by atoms with Crippen LogP contribution in [0.25, 0.3) is 0 Å². The van der Waals surface area contributed by atoms with E-state index < -0.39 is 0 Å². The van der Waals surface area contributed by atoms with Gasteiger partial charge in [0.1, 0.15) is 0 Å². The van der Waals surface area contributed by atoms with Crippen LogP contribution in [-0.4, -0.2) is 26.3 Å². The number of nitrogens with one attached hydrogen (secondary N) is 1. The largest absolute Gasteiger partial charge is 0.379 e. The quantitative estimate of drug-likeness (QED) is 0.824. The molecule has 1 N–H and O–H groups in total. The van der Waals surface area contributed by atoms with Gasteiger partial charge in [0.2, 0.25) is 0 Å². The molecule has 2 rings (SSSR count). The van der Waals surface area contributed by atoms with Crippen molar-refractivity contribution in [2.24, 2.45) is 0 Å². The molecule has 1 unspecified atom stereocenters. The monoisotopic (exact) mass is 247 g/mol. The Labute approximate surface area is 111 Å². The van der Waals surface area contributed by atoms with E-state index in [4.69, 9.17) is 4.74 Å². The van der Waals surface area contributed by atoms with Crippen LogP contribution >= 0.6 is 0 Å². The Bertz CT molecular complexity index is 381. The lowest BCUT2D eigenvalue weighted by atomic mass is 9.80. The van der Waals surface area contributed by atoms with E-state index in [1.165, 1.54) is 11.1 Å². The molecule has 0 aromatic heterocycles. The van der Waals surface area contributed by atoms with E-state index in [2.05, 4.69) is 57.3 Å². The van der Waals surface area contributed by atoms with Crippen molar-refractivity contribution < 1.29 is 4.74 Å². The first kappa shape index (κ1) is 13.6. The second kappa shape index (κ2) is 5.02. The molecule has 0 spiro atoms. The van der Waals surface area contributed by atoms with Gasteiger partial charge in [0, 0.05) is 18.5 Å². The fourth-order valence-electron chi connectivity index (χ4n) is 2.42. The van der Waals surface area contributed by atoms with Gasteiger partial charge in [-0.05, 0) is 16.5 Å². The number of ether oxygens (including phenoxy) is 1. The molecule has 100 valence electrons. The van der Waals surface area contributed by atoms with E-state index >= 15 is 0 Å². The Morgan fingerprint density at radius 2 is 1.83 bits per heavy atom. The van der Waals surface area contributed by atoms with Crippen LogP contribution in [0.2, 0.25) is 0 Å². The number of hydrogen-bond donors (Lipinski definition) is 1. The lowest BCUT2D eigenvalue weighted by Gasteiger charge is -2.29. The second-order valence-corrected chi connectivity index (χ2v) is 6.62. The van der Waals surface area contributed by atoms with E-state index in [1.54, 1.807) is 0 Å². The molecule has 1 heterocycles. The maximum absolute atomic E-state index is 5.70. The first-order valence-corrected chi connectivity index (χ1v) is 6.81. The van der Waals surface area contributed by atoms with Crippen LogP contribution in [0.15, 0.2) is 24.3 Å². The Hall–Kier alpha value is -0.860. The summed E-state index contributed by atoms with van der Waals surface area (Å²) in [6.45, 7) is 12.6. The van der Waals surface area contributed by atoms with Crippen molar-refractivity contribution in [3.8, 4) is 0 Å². The average molecular weight is 247 g/mol. The molecule has 0 amide bonds. The minimum Gasteiger partial charge on any atom is -0.379 e. The van der Waals surface area contributed by atoms with Crippen molar-refractivity contribution in [3.63, 3.8) is 0 Å². The molecule has 0 bridgehead atoms. The lowest BCUT2D eigenvalue weighted by molar-refractivity contribution is 0.113. The van der Waals surface area contributed by atoms with Crippen molar-refractivity contribution in [2.75, 3.05) is 26.3 Å². The third-order valence-corrected chi connectivity index (χ3v) is 3.81. The molecule has 1 aromatic rings. The highest BCUT2D eigenvalue weighted by Gasteiger charge is 2.28. The fourth-order valence-corrected chi connectivity index (χ4v) is 2.42. The maximum atomic E-state index is 5.70. The van der Waals surface area contributed by atoms with Crippen LogP contribution in [0, 0.1) is 0 Å². The van der Waals surface area contributed by atoms with Crippen molar-refractivity contribution >= 4 is 0 Å². The Morgan fingerprint density at radius 1 is 1.17 bits per heavy atom. The van der Waals surface area contributed by atoms with Crippen LogP contribution in [0.4, 0.5) is 0 Å². The normalized spacial score (nSPS) is 25.8. The highest BCUT2D eigenvalue weighted by molar-refractivity contribution is 5.32. The summed E-state index contributed by atoms with van der Waals surface area (Å²) in [6.07, 6.45) is 0. The molecular formula is C16H25NO.